The largest absolute Gasteiger partial charge is 0.385 e. The molecule has 3 heteroatoms. The van der Waals surface area contributed by atoms with Gasteiger partial charge in [-0.15, -0.1) is 0 Å². The van der Waals surface area contributed by atoms with E-state index in [2.05, 4.69) is 38.8 Å². The molecule has 0 amide bonds. The maximum absolute atomic E-state index is 10.4. The van der Waals surface area contributed by atoms with E-state index < -0.39 is 5.60 Å². The van der Waals surface area contributed by atoms with E-state index in [0.717, 1.165) is 33.8 Å². The summed E-state index contributed by atoms with van der Waals surface area (Å²) in [7, 11) is 0. The summed E-state index contributed by atoms with van der Waals surface area (Å²) in [5.74, 6) is 0.438. The fourth-order valence-electron chi connectivity index (χ4n) is 2.17. The summed E-state index contributed by atoms with van der Waals surface area (Å²) in [6, 6.07) is 5.98. The van der Waals surface area contributed by atoms with Crippen LogP contribution in [0.15, 0.2) is 27.1 Å². The summed E-state index contributed by atoms with van der Waals surface area (Å²) in [5, 5.41) is 10.4. The van der Waals surface area contributed by atoms with Gasteiger partial charge in [0, 0.05) is 8.95 Å². The lowest BCUT2D eigenvalue weighted by Crippen LogP contribution is -2.09. The van der Waals surface area contributed by atoms with Gasteiger partial charge in [-0.1, -0.05) is 45.2 Å². The van der Waals surface area contributed by atoms with Crippen molar-refractivity contribution in [3.05, 3.63) is 32.7 Å². The van der Waals surface area contributed by atoms with Crippen LogP contribution >= 0.6 is 31.9 Å². The Morgan fingerprint density at radius 1 is 1.47 bits per heavy atom. The van der Waals surface area contributed by atoms with Crippen molar-refractivity contribution in [1.82, 2.24) is 0 Å². The highest BCUT2D eigenvalue weighted by Crippen LogP contribution is 2.56. The Morgan fingerprint density at radius 3 is 2.87 bits per heavy atom. The number of rotatable bonds is 3. The molecule has 2 unspecified atom stereocenters. The average molecular weight is 334 g/mol. The number of benzene rings is 1. The van der Waals surface area contributed by atoms with E-state index in [1.807, 2.05) is 18.2 Å². The van der Waals surface area contributed by atoms with Crippen LogP contribution in [-0.2, 0) is 5.60 Å². The van der Waals surface area contributed by atoms with Gasteiger partial charge in [0.05, 0.1) is 5.60 Å². The second-order valence-electron chi connectivity index (χ2n) is 4.24. The third-order valence-electron chi connectivity index (χ3n) is 3.10. The molecule has 82 valence electrons. The van der Waals surface area contributed by atoms with Gasteiger partial charge in [0.25, 0.3) is 0 Å². The maximum Gasteiger partial charge on any atom is 0.0940 e. The third kappa shape index (κ3) is 2.15. The molecule has 1 nitrogen and oxygen atoms in total. The van der Waals surface area contributed by atoms with Gasteiger partial charge in [0.2, 0.25) is 0 Å². The zero-order chi connectivity index (χ0) is 11.1. The summed E-state index contributed by atoms with van der Waals surface area (Å²) in [6.45, 7) is 2.16. The summed E-state index contributed by atoms with van der Waals surface area (Å²) in [6.07, 6.45) is 3.14. The normalized spacial score (nSPS) is 29.2. The molecule has 1 N–H and O–H groups in total. The SMILES string of the molecule is CCCC1CC1(O)c1cc(Br)ccc1Br. The smallest absolute Gasteiger partial charge is 0.0940 e. The number of hydrogen-bond donors (Lipinski definition) is 1. The standard InChI is InChI=1S/C12H14Br2O/c1-2-3-8-7-12(8,15)10-6-9(13)4-5-11(10)14/h4-6,8,15H,2-3,7H2,1H3. The van der Waals surface area contributed by atoms with Gasteiger partial charge in [-0.25, -0.2) is 0 Å². The maximum atomic E-state index is 10.4. The summed E-state index contributed by atoms with van der Waals surface area (Å²) < 4.78 is 2.03. The van der Waals surface area contributed by atoms with Crippen molar-refractivity contribution in [3.63, 3.8) is 0 Å². The van der Waals surface area contributed by atoms with Crippen LogP contribution in [0.4, 0.5) is 0 Å². The lowest BCUT2D eigenvalue weighted by molar-refractivity contribution is 0.128. The van der Waals surface area contributed by atoms with E-state index >= 15 is 0 Å². The van der Waals surface area contributed by atoms with Crippen molar-refractivity contribution in [2.45, 2.75) is 31.8 Å². The first-order valence-electron chi connectivity index (χ1n) is 5.26. The lowest BCUT2D eigenvalue weighted by Gasteiger charge is -2.13. The Hall–Kier alpha value is 0.140. The van der Waals surface area contributed by atoms with Gasteiger partial charge in [-0.05, 0) is 42.5 Å². The molecule has 2 rings (SSSR count). The highest BCUT2D eigenvalue weighted by atomic mass is 79.9. The molecule has 0 spiro atoms. The van der Waals surface area contributed by atoms with Crippen LogP contribution in [0.3, 0.4) is 0 Å². The monoisotopic (exact) mass is 332 g/mol. The van der Waals surface area contributed by atoms with Gasteiger partial charge >= 0.3 is 0 Å². The zero-order valence-corrected chi connectivity index (χ0v) is 11.8. The molecule has 0 aliphatic heterocycles. The predicted molar refractivity (Wildman–Crippen MR) is 68.8 cm³/mol. The second kappa shape index (κ2) is 4.19. The average Bonchev–Trinajstić information content (AvgIpc) is 2.83. The molecule has 15 heavy (non-hydrogen) atoms. The second-order valence-corrected chi connectivity index (χ2v) is 6.01. The van der Waals surface area contributed by atoms with Crippen molar-refractivity contribution in [2.24, 2.45) is 5.92 Å². The number of aliphatic hydroxyl groups is 1. The first-order valence-corrected chi connectivity index (χ1v) is 6.84. The molecule has 0 heterocycles. The van der Waals surface area contributed by atoms with E-state index in [1.54, 1.807) is 0 Å². The Kier molecular flexibility index (Phi) is 3.25. The first-order chi connectivity index (χ1) is 7.08. The Morgan fingerprint density at radius 2 is 2.20 bits per heavy atom. The van der Waals surface area contributed by atoms with Crippen molar-refractivity contribution in [3.8, 4) is 0 Å². The first kappa shape index (κ1) is 11.6. The van der Waals surface area contributed by atoms with Crippen molar-refractivity contribution < 1.29 is 5.11 Å². The van der Waals surface area contributed by atoms with Crippen LogP contribution in [0.25, 0.3) is 0 Å². The minimum atomic E-state index is -0.585. The lowest BCUT2D eigenvalue weighted by atomic mass is 10.0. The van der Waals surface area contributed by atoms with E-state index in [1.165, 1.54) is 0 Å². The molecule has 2 atom stereocenters. The number of halogens is 2. The fraction of sp³-hybridized carbons (Fsp3) is 0.500. The fourth-order valence-corrected chi connectivity index (χ4v) is 3.12. The zero-order valence-electron chi connectivity index (χ0n) is 8.63. The molecule has 1 aliphatic carbocycles. The Labute approximate surface area is 107 Å². The van der Waals surface area contributed by atoms with Crippen LogP contribution in [0.5, 0.6) is 0 Å². The molecular weight excluding hydrogens is 320 g/mol. The summed E-state index contributed by atoms with van der Waals surface area (Å²) in [5.41, 5.74) is 0.439. The van der Waals surface area contributed by atoms with Gasteiger partial charge in [0.1, 0.15) is 0 Å². The van der Waals surface area contributed by atoms with E-state index in [0.29, 0.717) is 5.92 Å². The molecule has 1 saturated carbocycles. The van der Waals surface area contributed by atoms with Gasteiger partial charge in [-0.3, -0.25) is 0 Å². The highest BCUT2D eigenvalue weighted by Gasteiger charge is 2.54. The molecule has 1 aliphatic rings. The molecule has 1 aromatic rings. The van der Waals surface area contributed by atoms with Gasteiger partial charge in [0.15, 0.2) is 0 Å². The summed E-state index contributed by atoms with van der Waals surface area (Å²) in [4.78, 5) is 0. The van der Waals surface area contributed by atoms with Gasteiger partial charge < -0.3 is 5.11 Å². The molecule has 1 aromatic carbocycles. The van der Waals surface area contributed by atoms with E-state index in [4.69, 9.17) is 0 Å². The van der Waals surface area contributed by atoms with Crippen LogP contribution in [0.2, 0.25) is 0 Å². The molecule has 1 fully saturated rings. The van der Waals surface area contributed by atoms with Crippen LogP contribution in [0, 0.1) is 5.92 Å². The van der Waals surface area contributed by atoms with Crippen molar-refractivity contribution in [1.29, 1.82) is 0 Å². The van der Waals surface area contributed by atoms with Crippen LogP contribution in [0.1, 0.15) is 31.7 Å². The molecule has 0 radical (unpaired) electrons. The minimum absolute atomic E-state index is 0.438. The van der Waals surface area contributed by atoms with Crippen molar-refractivity contribution >= 4 is 31.9 Å². The van der Waals surface area contributed by atoms with Crippen molar-refractivity contribution in [2.75, 3.05) is 0 Å². The Balaban J connectivity index is 2.27. The molecule has 0 aromatic heterocycles. The number of hydrogen-bond acceptors (Lipinski definition) is 1. The van der Waals surface area contributed by atoms with Gasteiger partial charge in [-0.2, -0.15) is 0 Å². The summed E-state index contributed by atoms with van der Waals surface area (Å²) >= 11 is 6.95. The minimum Gasteiger partial charge on any atom is -0.385 e. The molecule has 0 saturated heterocycles. The van der Waals surface area contributed by atoms with E-state index in [9.17, 15) is 5.11 Å². The molecule has 0 bridgehead atoms. The predicted octanol–water partition coefficient (Wildman–Crippen LogP) is 4.22. The molecular formula is C12H14Br2O. The Bertz CT molecular complexity index is 378. The quantitative estimate of drug-likeness (QED) is 0.878. The van der Waals surface area contributed by atoms with Crippen LogP contribution < -0.4 is 0 Å². The van der Waals surface area contributed by atoms with E-state index in [-0.39, 0.29) is 0 Å². The highest BCUT2D eigenvalue weighted by molar-refractivity contribution is 9.11. The topological polar surface area (TPSA) is 20.2 Å². The third-order valence-corrected chi connectivity index (χ3v) is 4.29. The van der Waals surface area contributed by atoms with Crippen LogP contribution in [-0.4, -0.2) is 5.11 Å².